The van der Waals surface area contributed by atoms with E-state index in [1.54, 1.807) is 0 Å². The second kappa shape index (κ2) is 2.17. The Hall–Kier alpha value is -0.235. The Balaban J connectivity index is 2.06. The minimum absolute atomic E-state index is 0.324. The first-order valence-corrected chi connectivity index (χ1v) is 2.42. The molecule has 0 aliphatic heterocycles. The normalized spacial score (nSPS) is 27.1. The quantitative estimate of drug-likeness (QED) is 0.356. The van der Waals surface area contributed by atoms with Crippen LogP contribution in [0, 0.1) is 0 Å². The maximum atomic E-state index is 5.08. The zero-order valence-electron chi connectivity index (χ0n) is 4.13. The molecule has 7 heavy (non-hydrogen) atoms. The van der Waals surface area contributed by atoms with Crippen LogP contribution in [0.1, 0.15) is 6.42 Å². The van der Waals surface area contributed by atoms with Crippen molar-refractivity contribution in [3.63, 3.8) is 0 Å². The summed E-state index contributed by atoms with van der Waals surface area (Å²) in [4.78, 5) is 0. The van der Waals surface area contributed by atoms with E-state index < -0.39 is 0 Å². The van der Waals surface area contributed by atoms with Crippen molar-refractivity contribution in [2.24, 2.45) is 0 Å². The van der Waals surface area contributed by atoms with Gasteiger partial charge in [0.15, 0.2) is 0 Å². The molecule has 0 aromatic carbocycles. The first-order valence-electron chi connectivity index (χ1n) is 2.42. The molecule has 0 aromatic heterocycles. The Labute approximate surface area is 44.8 Å². The molecule has 0 aromatic rings. The van der Waals surface area contributed by atoms with Crippen LogP contribution in [0.2, 0.25) is 0 Å². The molecule has 0 bridgehead atoms. The van der Waals surface area contributed by atoms with Crippen LogP contribution >= 0.6 is 0 Å². The molecule has 0 heterocycles. The molecule has 0 saturated carbocycles. The third-order valence-corrected chi connectivity index (χ3v) is 1.03. The molecule has 1 atom stereocenters. The predicted molar refractivity (Wildman–Crippen MR) is 29.3 cm³/mol. The van der Waals surface area contributed by atoms with Crippen molar-refractivity contribution in [3.8, 4) is 0 Å². The molecule has 36 valence electrons. The topological polar surface area (TPSA) is 9.23 Å². The molecule has 1 aliphatic rings. The molecule has 0 saturated heterocycles. The van der Waals surface area contributed by atoms with E-state index in [4.69, 9.17) is 12.6 Å². The lowest BCUT2D eigenvalue weighted by atomic mass is 10.1. The minimum atomic E-state index is 0.324. The minimum Gasteiger partial charge on any atom is -0.384 e. The summed E-state index contributed by atoms with van der Waals surface area (Å²) in [5.41, 5.74) is 0. The second-order valence-electron chi connectivity index (χ2n) is 1.54. The van der Waals surface area contributed by atoms with Crippen LogP contribution in [0.4, 0.5) is 0 Å². The molecule has 1 nitrogen and oxygen atoms in total. The molecule has 1 aliphatic carbocycles. The summed E-state index contributed by atoms with van der Waals surface area (Å²) in [6.45, 7) is 0.342. The van der Waals surface area contributed by atoms with Crippen LogP contribution in [0.5, 0.6) is 0 Å². The number of hydrogen-bond donors (Lipinski definition) is 0. The van der Waals surface area contributed by atoms with Gasteiger partial charge in [0.25, 0.3) is 0 Å². The lowest BCUT2D eigenvalue weighted by Crippen LogP contribution is -2.15. The highest BCUT2D eigenvalue weighted by Crippen LogP contribution is 2.10. The van der Waals surface area contributed by atoms with E-state index in [0.29, 0.717) is 12.6 Å². The third-order valence-electron chi connectivity index (χ3n) is 1.03. The van der Waals surface area contributed by atoms with Gasteiger partial charge in [0.1, 0.15) is 7.85 Å². The SMILES string of the molecule is [B]COC1C=CC1. The standard InChI is InChI=1S/C5H7BO/c6-4-7-5-2-1-3-5/h1-2,5H,3-4H2. The first kappa shape index (κ1) is 4.91. The van der Waals surface area contributed by atoms with Crippen molar-refractivity contribution < 1.29 is 4.74 Å². The van der Waals surface area contributed by atoms with Crippen LogP contribution in [0.15, 0.2) is 12.2 Å². The molecule has 1 rings (SSSR count). The van der Waals surface area contributed by atoms with Gasteiger partial charge in [-0.15, -0.1) is 0 Å². The van der Waals surface area contributed by atoms with Gasteiger partial charge in [0, 0.05) is 6.51 Å². The molecule has 0 spiro atoms. The molecule has 0 N–H and O–H groups in total. The van der Waals surface area contributed by atoms with Gasteiger partial charge in [-0.3, -0.25) is 0 Å². The lowest BCUT2D eigenvalue weighted by Gasteiger charge is -2.16. The monoisotopic (exact) mass is 94.1 g/mol. The van der Waals surface area contributed by atoms with Crippen molar-refractivity contribution in [2.45, 2.75) is 12.5 Å². The molecule has 0 amide bonds. The van der Waals surface area contributed by atoms with Gasteiger partial charge >= 0.3 is 0 Å². The van der Waals surface area contributed by atoms with Gasteiger partial charge in [0.05, 0.1) is 6.10 Å². The Morgan fingerprint density at radius 2 is 2.57 bits per heavy atom. The van der Waals surface area contributed by atoms with Crippen molar-refractivity contribution >= 4 is 7.85 Å². The van der Waals surface area contributed by atoms with Crippen LogP contribution in [-0.4, -0.2) is 20.5 Å². The summed E-state index contributed by atoms with van der Waals surface area (Å²) in [7, 11) is 5.08. The fourth-order valence-corrected chi connectivity index (χ4v) is 0.494. The summed E-state index contributed by atoms with van der Waals surface area (Å²) in [6.07, 6.45) is 5.44. The second-order valence-corrected chi connectivity index (χ2v) is 1.54. The molecule has 2 heteroatoms. The largest absolute Gasteiger partial charge is 0.384 e. The zero-order valence-corrected chi connectivity index (χ0v) is 4.13. The van der Waals surface area contributed by atoms with Crippen molar-refractivity contribution in [2.75, 3.05) is 6.51 Å². The average Bonchev–Trinajstić information content (AvgIpc) is 1.55. The fraction of sp³-hybridized carbons (Fsp3) is 0.600. The van der Waals surface area contributed by atoms with Crippen molar-refractivity contribution in [3.05, 3.63) is 12.2 Å². The van der Waals surface area contributed by atoms with E-state index in [1.807, 2.05) is 6.08 Å². The number of rotatable bonds is 2. The summed E-state index contributed by atoms with van der Waals surface area (Å²) in [5, 5.41) is 0. The van der Waals surface area contributed by atoms with E-state index in [0.717, 1.165) is 6.42 Å². The molecular weight excluding hydrogens is 86.9 g/mol. The van der Waals surface area contributed by atoms with Crippen LogP contribution in [0.3, 0.4) is 0 Å². The van der Waals surface area contributed by atoms with Gasteiger partial charge in [-0.2, -0.15) is 0 Å². The zero-order chi connectivity index (χ0) is 5.11. The highest BCUT2D eigenvalue weighted by atomic mass is 16.5. The van der Waals surface area contributed by atoms with Crippen molar-refractivity contribution in [1.29, 1.82) is 0 Å². The summed E-state index contributed by atoms with van der Waals surface area (Å²) in [6, 6.07) is 0. The Bertz CT molecular complexity index is 80.1. The molecule has 2 radical (unpaired) electrons. The van der Waals surface area contributed by atoms with Gasteiger partial charge < -0.3 is 4.74 Å². The highest BCUT2D eigenvalue weighted by Gasteiger charge is 2.06. The van der Waals surface area contributed by atoms with Crippen LogP contribution in [0.25, 0.3) is 0 Å². The summed E-state index contributed by atoms with van der Waals surface area (Å²) < 4.78 is 4.97. The van der Waals surface area contributed by atoms with Crippen LogP contribution in [-0.2, 0) is 4.74 Å². The fourth-order valence-electron chi connectivity index (χ4n) is 0.494. The van der Waals surface area contributed by atoms with E-state index >= 15 is 0 Å². The summed E-state index contributed by atoms with van der Waals surface area (Å²) in [5.74, 6) is 0. The third kappa shape index (κ3) is 1.06. The molecule has 0 fully saturated rings. The number of ether oxygens (including phenoxy) is 1. The van der Waals surface area contributed by atoms with E-state index in [1.165, 1.54) is 0 Å². The average molecular weight is 93.9 g/mol. The van der Waals surface area contributed by atoms with E-state index in [2.05, 4.69) is 6.08 Å². The van der Waals surface area contributed by atoms with Crippen molar-refractivity contribution in [1.82, 2.24) is 0 Å². The van der Waals surface area contributed by atoms with Gasteiger partial charge in [-0.05, 0) is 6.42 Å². The highest BCUT2D eigenvalue weighted by molar-refractivity contribution is 6.08. The van der Waals surface area contributed by atoms with Gasteiger partial charge in [-0.25, -0.2) is 0 Å². The Morgan fingerprint density at radius 3 is 2.71 bits per heavy atom. The summed E-state index contributed by atoms with van der Waals surface area (Å²) >= 11 is 0. The van der Waals surface area contributed by atoms with E-state index in [-0.39, 0.29) is 0 Å². The Kier molecular flexibility index (Phi) is 1.52. The predicted octanol–water partition coefficient (Wildman–Crippen LogP) is 0.457. The van der Waals surface area contributed by atoms with Gasteiger partial charge in [-0.1, -0.05) is 12.2 Å². The van der Waals surface area contributed by atoms with Crippen LogP contribution < -0.4 is 0 Å². The molecule has 1 unspecified atom stereocenters. The lowest BCUT2D eigenvalue weighted by molar-refractivity contribution is 0.114. The maximum Gasteiger partial charge on any atom is 0.104 e. The molecular formula is C5H7BO. The Morgan fingerprint density at radius 1 is 1.86 bits per heavy atom. The maximum absolute atomic E-state index is 5.08. The van der Waals surface area contributed by atoms with E-state index in [9.17, 15) is 0 Å². The first-order chi connectivity index (χ1) is 3.43. The van der Waals surface area contributed by atoms with Gasteiger partial charge in [0.2, 0.25) is 0 Å². The number of hydrogen-bond acceptors (Lipinski definition) is 1. The smallest absolute Gasteiger partial charge is 0.104 e.